The molecule has 0 aliphatic heterocycles. The molecule has 8 heteroatoms. The monoisotopic (exact) mass is 375 g/mol. The molecule has 3 heterocycles. The molecular formula is C20H18FN7. The molecule has 28 heavy (non-hydrogen) atoms. The van der Waals surface area contributed by atoms with Crippen LogP contribution < -0.4 is 10.6 Å². The number of nitrogens with one attached hydrogen (secondary N) is 2. The van der Waals surface area contributed by atoms with Gasteiger partial charge >= 0.3 is 0 Å². The van der Waals surface area contributed by atoms with Crippen molar-refractivity contribution in [1.29, 1.82) is 0 Å². The molecular weight excluding hydrogens is 357 g/mol. The summed E-state index contributed by atoms with van der Waals surface area (Å²) < 4.78 is 15.1. The van der Waals surface area contributed by atoms with Crippen molar-refractivity contribution < 1.29 is 4.39 Å². The molecule has 0 unspecified atom stereocenters. The van der Waals surface area contributed by atoms with E-state index in [-0.39, 0.29) is 11.9 Å². The normalized spacial score (nSPS) is 11.8. The van der Waals surface area contributed by atoms with Crippen LogP contribution in [0.1, 0.15) is 18.5 Å². The van der Waals surface area contributed by atoms with Crippen molar-refractivity contribution in [3.8, 4) is 5.82 Å². The van der Waals surface area contributed by atoms with Crippen LogP contribution in [0.25, 0.3) is 5.82 Å². The van der Waals surface area contributed by atoms with E-state index in [1.54, 1.807) is 30.7 Å². The van der Waals surface area contributed by atoms with Crippen molar-refractivity contribution in [3.63, 3.8) is 0 Å². The average Bonchev–Trinajstić information content (AvgIpc) is 3.24. The van der Waals surface area contributed by atoms with Gasteiger partial charge in [-0.2, -0.15) is 9.97 Å². The van der Waals surface area contributed by atoms with Gasteiger partial charge in [0.15, 0.2) is 0 Å². The molecule has 0 aliphatic rings. The second-order valence-electron chi connectivity index (χ2n) is 6.16. The predicted octanol–water partition coefficient (Wildman–Crippen LogP) is 4.11. The van der Waals surface area contributed by atoms with E-state index >= 15 is 0 Å². The van der Waals surface area contributed by atoms with Crippen molar-refractivity contribution in [3.05, 3.63) is 84.8 Å². The zero-order chi connectivity index (χ0) is 19.3. The van der Waals surface area contributed by atoms with E-state index in [0.717, 1.165) is 5.56 Å². The first kappa shape index (κ1) is 17.6. The van der Waals surface area contributed by atoms with Crippen molar-refractivity contribution in [2.24, 2.45) is 0 Å². The lowest BCUT2D eigenvalue weighted by molar-refractivity contribution is 0.626. The third-order valence-corrected chi connectivity index (χ3v) is 4.12. The Morgan fingerprint density at radius 2 is 1.79 bits per heavy atom. The average molecular weight is 375 g/mol. The first-order valence-corrected chi connectivity index (χ1v) is 8.75. The molecule has 1 atom stereocenters. The van der Waals surface area contributed by atoms with Crippen molar-refractivity contribution in [1.82, 2.24) is 24.5 Å². The summed E-state index contributed by atoms with van der Waals surface area (Å²) in [7, 11) is 0. The largest absolute Gasteiger partial charge is 0.348 e. The molecule has 0 bridgehead atoms. The number of hydrogen-bond donors (Lipinski definition) is 2. The molecule has 7 nitrogen and oxygen atoms in total. The Labute approximate surface area is 161 Å². The van der Waals surface area contributed by atoms with Gasteiger partial charge in [0.2, 0.25) is 5.95 Å². The van der Waals surface area contributed by atoms with Crippen molar-refractivity contribution in [2.45, 2.75) is 13.0 Å². The fraction of sp³-hybridized carbons (Fsp3) is 0.100. The minimum absolute atomic E-state index is 0.107. The molecule has 4 aromatic rings. The Morgan fingerprint density at radius 1 is 1.00 bits per heavy atom. The molecule has 140 valence electrons. The summed E-state index contributed by atoms with van der Waals surface area (Å²) in [4.78, 5) is 17.4. The van der Waals surface area contributed by atoms with Crippen LogP contribution in [0, 0.1) is 5.82 Å². The molecule has 0 saturated carbocycles. The zero-order valence-corrected chi connectivity index (χ0v) is 15.1. The third kappa shape index (κ3) is 4.12. The number of aromatic nitrogens is 5. The first-order valence-electron chi connectivity index (χ1n) is 8.75. The summed E-state index contributed by atoms with van der Waals surface area (Å²) in [5.74, 6) is 2.03. The fourth-order valence-electron chi connectivity index (χ4n) is 2.71. The molecule has 1 aromatic carbocycles. The topological polar surface area (TPSA) is 80.5 Å². The summed E-state index contributed by atoms with van der Waals surface area (Å²) >= 11 is 0. The van der Waals surface area contributed by atoms with Gasteiger partial charge in [-0.05, 0) is 36.8 Å². The zero-order valence-electron chi connectivity index (χ0n) is 15.1. The lowest BCUT2D eigenvalue weighted by Gasteiger charge is -2.16. The van der Waals surface area contributed by atoms with Gasteiger partial charge in [-0.25, -0.2) is 9.37 Å². The molecule has 0 saturated heterocycles. The van der Waals surface area contributed by atoms with Gasteiger partial charge in [-0.15, -0.1) is 0 Å². The summed E-state index contributed by atoms with van der Waals surface area (Å²) in [6.45, 7) is 1.97. The van der Waals surface area contributed by atoms with E-state index in [1.165, 1.54) is 12.1 Å². The van der Waals surface area contributed by atoms with Gasteiger partial charge < -0.3 is 15.2 Å². The molecule has 0 amide bonds. The Kier molecular flexibility index (Phi) is 4.92. The number of hydrogen-bond acceptors (Lipinski definition) is 6. The summed E-state index contributed by atoms with van der Waals surface area (Å²) in [5.41, 5.74) is 0.930. The maximum Gasteiger partial charge on any atom is 0.227 e. The second kappa shape index (κ2) is 7.83. The number of halogens is 1. The van der Waals surface area contributed by atoms with E-state index < -0.39 is 0 Å². The molecule has 3 aromatic heterocycles. The van der Waals surface area contributed by atoms with Crippen LogP contribution in [-0.2, 0) is 0 Å². The fourth-order valence-corrected chi connectivity index (χ4v) is 2.71. The Balaban J connectivity index is 1.64. The van der Waals surface area contributed by atoms with Gasteiger partial charge in [0.05, 0.1) is 12.2 Å². The Hall–Kier alpha value is -3.81. The van der Waals surface area contributed by atoms with Gasteiger partial charge in [0.1, 0.15) is 23.3 Å². The predicted molar refractivity (Wildman–Crippen MR) is 105 cm³/mol. The van der Waals surface area contributed by atoms with Crippen molar-refractivity contribution in [2.75, 3.05) is 10.6 Å². The van der Waals surface area contributed by atoms with Crippen LogP contribution >= 0.6 is 0 Å². The number of anilines is 3. The molecule has 0 spiro atoms. The van der Waals surface area contributed by atoms with Gasteiger partial charge in [-0.3, -0.25) is 4.98 Å². The van der Waals surface area contributed by atoms with E-state index in [0.29, 0.717) is 23.4 Å². The lowest BCUT2D eigenvalue weighted by atomic mass is 10.1. The van der Waals surface area contributed by atoms with Crippen molar-refractivity contribution >= 4 is 17.6 Å². The smallest absolute Gasteiger partial charge is 0.227 e. The maximum atomic E-state index is 13.2. The summed E-state index contributed by atoms with van der Waals surface area (Å²) in [6.07, 6.45) is 8.63. The minimum atomic E-state index is -0.266. The highest BCUT2D eigenvalue weighted by Gasteiger charge is 2.11. The van der Waals surface area contributed by atoms with Gasteiger partial charge in [-0.1, -0.05) is 12.1 Å². The van der Waals surface area contributed by atoms with Gasteiger partial charge in [0, 0.05) is 30.9 Å². The van der Waals surface area contributed by atoms with E-state index in [4.69, 9.17) is 0 Å². The molecule has 0 radical (unpaired) electrons. The highest BCUT2D eigenvalue weighted by Crippen LogP contribution is 2.21. The van der Waals surface area contributed by atoms with Crippen LogP contribution in [0.4, 0.5) is 22.0 Å². The van der Waals surface area contributed by atoms with Crippen LogP contribution in [0.2, 0.25) is 0 Å². The SMILES string of the molecule is C[C@H](Nc1nc(Nc2cnccn2)cc(-n2cccc2)n1)c1ccc(F)cc1. The molecule has 0 aliphatic carbocycles. The number of rotatable bonds is 6. The van der Waals surface area contributed by atoms with E-state index in [2.05, 4.69) is 30.6 Å². The lowest BCUT2D eigenvalue weighted by Crippen LogP contribution is -2.12. The molecule has 0 fully saturated rings. The first-order chi connectivity index (χ1) is 13.7. The quantitative estimate of drug-likeness (QED) is 0.528. The van der Waals surface area contributed by atoms with Crippen LogP contribution in [0.3, 0.4) is 0 Å². The standard InChI is InChI=1S/C20H18FN7/c1-14(15-4-6-16(21)7-5-15)24-20-26-17(25-18-13-22-8-9-23-18)12-19(27-20)28-10-2-3-11-28/h2-14H,1H3,(H2,23,24,25,26,27)/t14-/m0/s1. The number of nitrogens with zero attached hydrogens (tertiary/aromatic N) is 5. The van der Waals surface area contributed by atoms with Crippen LogP contribution in [0.5, 0.6) is 0 Å². The Morgan fingerprint density at radius 3 is 2.50 bits per heavy atom. The Bertz CT molecular complexity index is 1030. The highest BCUT2D eigenvalue weighted by atomic mass is 19.1. The van der Waals surface area contributed by atoms with E-state index in [9.17, 15) is 4.39 Å². The number of benzene rings is 1. The highest BCUT2D eigenvalue weighted by molar-refractivity contribution is 5.55. The summed E-state index contributed by atoms with van der Waals surface area (Å²) in [5, 5.41) is 6.41. The second-order valence-corrected chi connectivity index (χ2v) is 6.16. The van der Waals surface area contributed by atoms with Crippen LogP contribution in [0.15, 0.2) is 73.4 Å². The molecule has 2 N–H and O–H groups in total. The van der Waals surface area contributed by atoms with Crippen LogP contribution in [-0.4, -0.2) is 24.5 Å². The third-order valence-electron chi connectivity index (χ3n) is 4.12. The van der Waals surface area contributed by atoms with Gasteiger partial charge in [0.25, 0.3) is 0 Å². The summed E-state index contributed by atoms with van der Waals surface area (Å²) in [6, 6.07) is 11.9. The minimum Gasteiger partial charge on any atom is -0.348 e. The maximum absolute atomic E-state index is 13.2. The van der Waals surface area contributed by atoms with E-state index in [1.807, 2.05) is 42.1 Å². The molecule has 4 rings (SSSR count).